The normalized spacial score (nSPS) is 32.4. The van der Waals surface area contributed by atoms with Crippen LogP contribution < -0.4 is 5.32 Å². The summed E-state index contributed by atoms with van der Waals surface area (Å²) in [6, 6.07) is 0. The van der Waals surface area contributed by atoms with Crippen molar-refractivity contribution in [1.82, 2.24) is 15.5 Å². The van der Waals surface area contributed by atoms with Gasteiger partial charge in [0.1, 0.15) is 0 Å². The van der Waals surface area contributed by atoms with Gasteiger partial charge in [-0.1, -0.05) is 31.3 Å². The molecule has 1 saturated carbocycles. The molecule has 0 amide bonds. The molecule has 2 heterocycles. The summed E-state index contributed by atoms with van der Waals surface area (Å²) >= 11 is 0. The second kappa shape index (κ2) is 6.04. The van der Waals surface area contributed by atoms with Gasteiger partial charge in [-0.3, -0.25) is 0 Å². The van der Waals surface area contributed by atoms with E-state index in [2.05, 4.69) is 17.4 Å². The number of hydrogen-bond acceptors (Lipinski definition) is 4. The van der Waals surface area contributed by atoms with E-state index in [9.17, 15) is 0 Å². The molecule has 0 bridgehead atoms. The Bertz CT molecular complexity index is 398. The monoisotopic (exact) mass is 263 g/mol. The van der Waals surface area contributed by atoms with Gasteiger partial charge in [-0.25, -0.2) is 0 Å². The number of aromatic nitrogens is 2. The van der Waals surface area contributed by atoms with Crippen molar-refractivity contribution in [3.05, 3.63) is 11.7 Å². The van der Waals surface area contributed by atoms with Crippen LogP contribution in [0.3, 0.4) is 0 Å². The minimum absolute atomic E-state index is 0.431. The van der Waals surface area contributed by atoms with E-state index in [1.807, 2.05) is 0 Å². The predicted octanol–water partition coefficient (Wildman–Crippen LogP) is 3.22. The van der Waals surface area contributed by atoms with Crippen LogP contribution in [0, 0.1) is 5.92 Å². The number of hydrogen-bond donors (Lipinski definition) is 1. The topological polar surface area (TPSA) is 51.0 Å². The molecular weight excluding hydrogens is 238 g/mol. The Hall–Kier alpha value is -0.900. The molecule has 1 aromatic rings. The van der Waals surface area contributed by atoms with Crippen LogP contribution in [-0.4, -0.2) is 23.2 Å². The Morgan fingerprint density at radius 3 is 2.89 bits per heavy atom. The third-order valence-electron chi connectivity index (χ3n) is 4.83. The molecule has 2 fully saturated rings. The summed E-state index contributed by atoms with van der Waals surface area (Å²) in [5.41, 5.74) is 0. The van der Waals surface area contributed by atoms with E-state index in [0.29, 0.717) is 11.8 Å². The van der Waals surface area contributed by atoms with E-state index in [-0.39, 0.29) is 0 Å². The summed E-state index contributed by atoms with van der Waals surface area (Å²) in [5.74, 6) is 3.66. The summed E-state index contributed by atoms with van der Waals surface area (Å²) in [7, 11) is 0. The Kier molecular flexibility index (Phi) is 4.16. The highest BCUT2D eigenvalue weighted by molar-refractivity contribution is 5.02. The van der Waals surface area contributed by atoms with E-state index in [4.69, 9.17) is 9.51 Å². The van der Waals surface area contributed by atoms with Gasteiger partial charge in [-0.15, -0.1) is 0 Å². The number of nitrogens with zero attached hydrogens (tertiary/aromatic N) is 2. The third kappa shape index (κ3) is 2.99. The molecule has 19 heavy (non-hydrogen) atoms. The summed E-state index contributed by atoms with van der Waals surface area (Å²) in [6.45, 7) is 4.41. The third-order valence-corrected chi connectivity index (χ3v) is 4.83. The second-order valence-electron chi connectivity index (χ2n) is 6.17. The van der Waals surface area contributed by atoms with Gasteiger partial charge in [-0.2, -0.15) is 4.98 Å². The Morgan fingerprint density at radius 1 is 1.21 bits per heavy atom. The molecule has 1 N–H and O–H groups in total. The number of piperidine rings is 1. The molecule has 2 unspecified atom stereocenters. The second-order valence-corrected chi connectivity index (χ2v) is 6.17. The zero-order chi connectivity index (χ0) is 13.1. The highest BCUT2D eigenvalue weighted by atomic mass is 16.5. The lowest BCUT2D eigenvalue weighted by Crippen LogP contribution is -2.28. The van der Waals surface area contributed by atoms with Crippen molar-refractivity contribution in [2.75, 3.05) is 13.1 Å². The molecule has 0 radical (unpaired) electrons. The van der Waals surface area contributed by atoms with E-state index >= 15 is 0 Å². The molecule has 106 valence electrons. The van der Waals surface area contributed by atoms with Gasteiger partial charge in [-0.05, 0) is 38.1 Å². The minimum Gasteiger partial charge on any atom is -0.339 e. The fourth-order valence-electron chi connectivity index (χ4n) is 3.54. The maximum atomic E-state index is 5.53. The first-order valence-corrected chi connectivity index (χ1v) is 7.91. The van der Waals surface area contributed by atoms with Gasteiger partial charge in [0.05, 0.1) is 5.92 Å². The first-order valence-electron chi connectivity index (χ1n) is 7.91. The van der Waals surface area contributed by atoms with Gasteiger partial charge in [0, 0.05) is 12.5 Å². The maximum absolute atomic E-state index is 5.53. The number of nitrogens with one attached hydrogen (secondary N) is 1. The molecule has 0 aromatic carbocycles. The SMILES string of the molecule is CCC1CCCC(c2noc([C@H]3CCCNC3)n2)C1. The predicted molar refractivity (Wildman–Crippen MR) is 74.1 cm³/mol. The molecule has 2 aliphatic rings. The van der Waals surface area contributed by atoms with Gasteiger partial charge in [0.25, 0.3) is 0 Å². The van der Waals surface area contributed by atoms with Crippen molar-refractivity contribution in [2.24, 2.45) is 5.92 Å². The lowest BCUT2D eigenvalue weighted by atomic mass is 9.80. The van der Waals surface area contributed by atoms with Crippen molar-refractivity contribution in [3.8, 4) is 0 Å². The summed E-state index contributed by atoms with van der Waals surface area (Å²) in [4.78, 5) is 4.71. The largest absolute Gasteiger partial charge is 0.339 e. The Morgan fingerprint density at radius 2 is 2.11 bits per heavy atom. The lowest BCUT2D eigenvalue weighted by molar-refractivity contribution is 0.292. The van der Waals surface area contributed by atoms with E-state index in [1.165, 1.54) is 44.9 Å². The van der Waals surface area contributed by atoms with Gasteiger partial charge < -0.3 is 9.84 Å². The van der Waals surface area contributed by atoms with Gasteiger partial charge in [0.15, 0.2) is 5.82 Å². The fraction of sp³-hybridized carbons (Fsp3) is 0.867. The van der Waals surface area contributed by atoms with Crippen LogP contribution in [0.2, 0.25) is 0 Å². The molecule has 4 nitrogen and oxygen atoms in total. The lowest BCUT2D eigenvalue weighted by Gasteiger charge is -2.26. The highest BCUT2D eigenvalue weighted by Crippen LogP contribution is 2.36. The fourth-order valence-corrected chi connectivity index (χ4v) is 3.54. The van der Waals surface area contributed by atoms with E-state index < -0.39 is 0 Å². The Balaban J connectivity index is 1.66. The minimum atomic E-state index is 0.431. The standard InChI is InChI=1S/C15H25N3O/c1-2-11-5-3-6-12(9-11)14-17-15(19-18-14)13-7-4-8-16-10-13/h11-13,16H,2-10H2,1H3/t11?,12?,13-/m0/s1. The average Bonchev–Trinajstić information content (AvgIpc) is 2.98. The van der Waals surface area contributed by atoms with Crippen LogP contribution in [0.1, 0.15) is 75.4 Å². The van der Waals surface area contributed by atoms with E-state index in [1.54, 1.807) is 0 Å². The molecule has 1 aromatic heterocycles. The molecule has 1 aliphatic heterocycles. The van der Waals surface area contributed by atoms with Crippen molar-refractivity contribution in [2.45, 2.75) is 63.7 Å². The highest BCUT2D eigenvalue weighted by Gasteiger charge is 2.28. The van der Waals surface area contributed by atoms with Gasteiger partial charge in [0.2, 0.25) is 5.89 Å². The maximum Gasteiger partial charge on any atom is 0.231 e. The van der Waals surface area contributed by atoms with Crippen LogP contribution in [0.25, 0.3) is 0 Å². The van der Waals surface area contributed by atoms with Crippen molar-refractivity contribution >= 4 is 0 Å². The Labute approximate surface area is 115 Å². The first kappa shape index (κ1) is 13.1. The average molecular weight is 263 g/mol. The molecule has 3 rings (SSSR count). The van der Waals surface area contributed by atoms with Crippen molar-refractivity contribution < 1.29 is 4.52 Å². The zero-order valence-corrected chi connectivity index (χ0v) is 11.9. The summed E-state index contributed by atoms with van der Waals surface area (Å²) < 4.78 is 5.53. The summed E-state index contributed by atoms with van der Waals surface area (Å²) in [6.07, 6.45) is 8.85. The van der Waals surface area contributed by atoms with Gasteiger partial charge >= 0.3 is 0 Å². The molecule has 1 saturated heterocycles. The molecule has 3 atom stereocenters. The molecule has 0 spiro atoms. The van der Waals surface area contributed by atoms with Crippen LogP contribution in [-0.2, 0) is 0 Å². The quantitative estimate of drug-likeness (QED) is 0.909. The molecule has 1 aliphatic carbocycles. The van der Waals surface area contributed by atoms with E-state index in [0.717, 1.165) is 30.7 Å². The molecule has 4 heteroatoms. The van der Waals surface area contributed by atoms with Crippen LogP contribution in [0.4, 0.5) is 0 Å². The number of rotatable bonds is 3. The first-order chi connectivity index (χ1) is 9.36. The zero-order valence-electron chi connectivity index (χ0n) is 11.9. The smallest absolute Gasteiger partial charge is 0.231 e. The van der Waals surface area contributed by atoms with Crippen molar-refractivity contribution in [3.63, 3.8) is 0 Å². The summed E-state index contributed by atoms with van der Waals surface area (Å²) in [5, 5.41) is 7.68. The van der Waals surface area contributed by atoms with Crippen LogP contribution in [0.15, 0.2) is 4.52 Å². The van der Waals surface area contributed by atoms with Crippen LogP contribution >= 0.6 is 0 Å². The van der Waals surface area contributed by atoms with Crippen LogP contribution in [0.5, 0.6) is 0 Å². The van der Waals surface area contributed by atoms with Crippen molar-refractivity contribution in [1.29, 1.82) is 0 Å². The molecular formula is C15H25N3O.